The van der Waals surface area contributed by atoms with Crippen LogP contribution in [0.3, 0.4) is 0 Å². The molecular weight excluding hydrogens is 372 g/mol. The van der Waals surface area contributed by atoms with Crippen LogP contribution in [-0.2, 0) is 6.54 Å². The highest BCUT2D eigenvalue weighted by molar-refractivity contribution is 5.94. The van der Waals surface area contributed by atoms with E-state index in [2.05, 4.69) is 43.1 Å². The molecule has 1 fully saturated rings. The molecule has 1 unspecified atom stereocenters. The van der Waals surface area contributed by atoms with Crippen LogP contribution in [0.25, 0.3) is 0 Å². The minimum Gasteiger partial charge on any atom is -0.497 e. The number of amides is 1. The number of hydrogen-bond acceptors (Lipinski definition) is 3. The largest absolute Gasteiger partial charge is 0.497 e. The monoisotopic (exact) mass is 408 g/mol. The highest BCUT2D eigenvalue weighted by Crippen LogP contribution is 2.24. The molecule has 0 radical (unpaired) electrons. The highest BCUT2D eigenvalue weighted by atomic mass is 16.5. The number of likely N-dealkylation sites (tertiary alicyclic amines) is 1. The molecule has 3 rings (SSSR count). The third-order valence-electron chi connectivity index (χ3n) is 6.03. The molecule has 30 heavy (non-hydrogen) atoms. The molecule has 4 nitrogen and oxygen atoms in total. The van der Waals surface area contributed by atoms with Crippen molar-refractivity contribution in [3.05, 3.63) is 65.2 Å². The molecule has 2 aromatic rings. The second kappa shape index (κ2) is 10.6. The van der Waals surface area contributed by atoms with Crippen molar-refractivity contribution in [3.8, 4) is 5.75 Å². The first-order valence-corrected chi connectivity index (χ1v) is 11.2. The van der Waals surface area contributed by atoms with Crippen molar-refractivity contribution in [1.29, 1.82) is 0 Å². The number of methoxy groups -OCH3 is 1. The smallest absolute Gasteiger partial charge is 0.251 e. The van der Waals surface area contributed by atoms with Gasteiger partial charge in [-0.1, -0.05) is 45.0 Å². The molecule has 1 atom stereocenters. The van der Waals surface area contributed by atoms with Crippen molar-refractivity contribution in [1.82, 2.24) is 10.2 Å². The van der Waals surface area contributed by atoms with Crippen LogP contribution in [0, 0.1) is 11.8 Å². The van der Waals surface area contributed by atoms with Gasteiger partial charge in [-0.2, -0.15) is 0 Å². The van der Waals surface area contributed by atoms with Crippen molar-refractivity contribution >= 4 is 5.91 Å². The molecule has 0 bridgehead atoms. The third-order valence-corrected chi connectivity index (χ3v) is 6.03. The molecule has 1 saturated heterocycles. The zero-order chi connectivity index (χ0) is 21.5. The van der Waals surface area contributed by atoms with E-state index in [1.54, 1.807) is 7.11 Å². The van der Waals surface area contributed by atoms with E-state index in [0.717, 1.165) is 30.2 Å². The zero-order valence-corrected chi connectivity index (χ0v) is 18.9. The molecule has 1 aliphatic heterocycles. The van der Waals surface area contributed by atoms with E-state index in [1.807, 2.05) is 36.4 Å². The number of carbonyl (C=O) groups excluding carboxylic acids is 1. The summed E-state index contributed by atoms with van der Waals surface area (Å²) in [4.78, 5) is 15.4. The number of carbonyl (C=O) groups is 1. The molecule has 1 heterocycles. The van der Waals surface area contributed by atoms with Crippen molar-refractivity contribution in [2.24, 2.45) is 11.8 Å². The summed E-state index contributed by atoms with van der Waals surface area (Å²) in [5, 5.41) is 3.23. The first kappa shape index (κ1) is 22.4. The minimum atomic E-state index is -0.0187. The van der Waals surface area contributed by atoms with E-state index in [-0.39, 0.29) is 11.9 Å². The summed E-state index contributed by atoms with van der Waals surface area (Å²) in [6.07, 6.45) is 3.45. The molecular formula is C26H36N2O2. The lowest BCUT2D eigenvalue weighted by Crippen LogP contribution is -2.32. The Hall–Kier alpha value is -2.33. The van der Waals surface area contributed by atoms with Crippen molar-refractivity contribution in [2.45, 2.75) is 52.6 Å². The Bertz CT molecular complexity index is 791. The molecule has 0 spiro atoms. The third kappa shape index (κ3) is 6.33. The summed E-state index contributed by atoms with van der Waals surface area (Å²) in [6.45, 7) is 10.0. The normalized spacial score (nSPS) is 16.4. The van der Waals surface area contributed by atoms with Crippen molar-refractivity contribution in [2.75, 3.05) is 20.2 Å². The van der Waals surface area contributed by atoms with Gasteiger partial charge in [0.15, 0.2) is 0 Å². The summed E-state index contributed by atoms with van der Waals surface area (Å²) in [7, 11) is 1.66. The molecule has 2 aromatic carbocycles. The van der Waals surface area contributed by atoms with Gasteiger partial charge < -0.3 is 10.1 Å². The van der Waals surface area contributed by atoms with E-state index >= 15 is 0 Å². The van der Waals surface area contributed by atoms with Gasteiger partial charge in [-0.05, 0) is 79.6 Å². The summed E-state index contributed by atoms with van der Waals surface area (Å²) in [5.74, 6) is 2.13. The Morgan fingerprint density at radius 3 is 2.27 bits per heavy atom. The topological polar surface area (TPSA) is 41.6 Å². The lowest BCUT2D eigenvalue weighted by molar-refractivity contribution is 0.0932. The second-order valence-corrected chi connectivity index (χ2v) is 9.08. The fraction of sp³-hybridized carbons (Fsp3) is 0.500. The summed E-state index contributed by atoms with van der Waals surface area (Å²) < 4.78 is 5.26. The van der Waals surface area contributed by atoms with Crippen molar-refractivity contribution in [3.63, 3.8) is 0 Å². The summed E-state index contributed by atoms with van der Waals surface area (Å²) in [6, 6.07) is 16.1. The zero-order valence-electron chi connectivity index (χ0n) is 18.9. The fourth-order valence-corrected chi connectivity index (χ4v) is 4.07. The molecule has 0 saturated carbocycles. The van der Waals surface area contributed by atoms with E-state index < -0.39 is 0 Å². The van der Waals surface area contributed by atoms with Crippen LogP contribution >= 0.6 is 0 Å². The maximum atomic E-state index is 12.9. The van der Waals surface area contributed by atoms with Gasteiger partial charge in [0, 0.05) is 12.1 Å². The van der Waals surface area contributed by atoms with Gasteiger partial charge >= 0.3 is 0 Å². The maximum Gasteiger partial charge on any atom is 0.251 e. The quantitative estimate of drug-likeness (QED) is 0.632. The van der Waals surface area contributed by atoms with Crippen LogP contribution in [0.4, 0.5) is 0 Å². The van der Waals surface area contributed by atoms with Crippen molar-refractivity contribution < 1.29 is 9.53 Å². The average Bonchev–Trinajstić information content (AvgIpc) is 2.75. The SMILES string of the molecule is COc1ccc(C(CC(C)C)NC(=O)c2ccc(CN3CCC(C)CC3)cc2)cc1. The Labute approximate surface area is 181 Å². The van der Waals surface area contributed by atoms with Crippen LogP contribution < -0.4 is 10.1 Å². The molecule has 1 aliphatic rings. The molecule has 1 N–H and O–H groups in total. The standard InChI is InChI=1S/C26H36N2O2/c1-19(2)17-25(22-9-11-24(30-4)12-10-22)27-26(29)23-7-5-21(6-8-23)18-28-15-13-20(3)14-16-28/h5-12,19-20,25H,13-18H2,1-4H3,(H,27,29). The first-order chi connectivity index (χ1) is 14.4. The Morgan fingerprint density at radius 2 is 1.70 bits per heavy atom. The lowest BCUT2D eigenvalue weighted by Gasteiger charge is -2.30. The predicted octanol–water partition coefficient (Wildman–Crippen LogP) is 5.44. The van der Waals surface area contributed by atoms with E-state index in [4.69, 9.17) is 4.74 Å². The molecule has 4 heteroatoms. The van der Waals surface area contributed by atoms with Gasteiger partial charge in [-0.15, -0.1) is 0 Å². The number of piperidine rings is 1. The van der Waals surface area contributed by atoms with Crippen LogP contribution in [0.15, 0.2) is 48.5 Å². The minimum absolute atomic E-state index is 0.0153. The van der Waals surface area contributed by atoms with Gasteiger partial charge in [0.25, 0.3) is 5.91 Å². The summed E-state index contributed by atoms with van der Waals surface area (Å²) >= 11 is 0. The van der Waals surface area contributed by atoms with Crippen LogP contribution in [0.1, 0.15) is 67.6 Å². The Balaban J connectivity index is 1.63. The van der Waals surface area contributed by atoms with Crippen LogP contribution in [-0.4, -0.2) is 31.0 Å². The van der Waals surface area contributed by atoms with Gasteiger partial charge in [0.2, 0.25) is 0 Å². The number of rotatable bonds is 8. The van der Waals surface area contributed by atoms with E-state index in [1.165, 1.54) is 31.5 Å². The number of nitrogens with zero attached hydrogens (tertiary/aromatic N) is 1. The van der Waals surface area contributed by atoms with Gasteiger partial charge in [-0.3, -0.25) is 9.69 Å². The number of ether oxygens (including phenoxy) is 1. The Morgan fingerprint density at radius 1 is 1.07 bits per heavy atom. The number of benzene rings is 2. The lowest BCUT2D eigenvalue weighted by atomic mass is 9.96. The van der Waals surface area contributed by atoms with Crippen LogP contribution in [0.2, 0.25) is 0 Å². The Kier molecular flexibility index (Phi) is 7.92. The second-order valence-electron chi connectivity index (χ2n) is 9.08. The molecule has 1 amide bonds. The van der Waals surface area contributed by atoms with Gasteiger partial charge in [0.1, 0.15) is 5.75 Å². The molecule has 162 valence electrons. The molecule has 0 aromatic heterocycles. The van der Waals surface area contributed by atoms with E-state index in [9.17, 15) is 4.79 Å². The van der Waals surface area contributed by atoms with Gasteiger partial charge in [-0.25, -0.2) is 0 Å². The number of nitrogens with one attached hydrogen (secondary N) is 1. The number of hydrogen-bond donors (Lipinski definition) is 1. The average molecular weight is 409 g/mol. The summed E-state index contributed by atoms with van der Waals surface area (Å²) in [5.41, 5.74) is 3.09. The van der Waals surface area contributed by atoms with Gasteiger partial charge in [0.05, 0.1) is 13.2 Å². The molecule has 0 aliphatic carbocycles. The van der Waals surface area contributed by atoms with E-state index in [0.29, 0.717) is 11.5 Å². The maximum absolute atomic E-state index is 12.9. The first-order valence-electron chi connectivity index (χ1n) is 11.2. The predicted molar refractivity (Wildman–Crippen MR) is 123 cm³/mol. The highest BCUT2D eigenvalue weighted by Gasteiger charge is 2.18. The van der Waals surface area contributed by atoms with Crippen LogP contribution in [0.5, 0.6) is 5.75 Å². The fourth-order valence-electron chi connectivity index (χ4n) is 4.07.